The molecule has 1 spiro atoms. The van der Waals surface area contributed by atoms with Gasteiger partial charge in [-0.2, -0.15) is 0 Å². The zero-order valence-corrected chi connectivity index (χ0v) is 13.5. The van der Waals surface area contributed by atoms with E-state index in [1.807, 2.05) is 30.3 Å². The number of carbonyl (C=O) groups is 3. The van der Waals surface area contributed by atoms with Gasteiger partial charge in [-0.1, -0.05) is 43.2 Å². The van der Waals surface area contributed by atoms with E-state index in [1.54, 1.807) is 4.90 Å². The Morgan fingerprint density at radius 1 is 1.17 bits per heavy atom. The Bertz CT molecular complexity index is 682. The van der Waals surface area contributed by atoms with Crippen molar-refractivity contribution in [1.82, 2.24) is 15.1 Å². The van der Waals surface area contributed by atoms with Crippen LogP contribution in [-0.2, 0) is 9.59 Å². The third-order valence-electron chi connectivity index (χ3n) is 5.52. The number of hydrogen-bond acceptors (Lipinski definition) is 3. The second kappa shape index (κ2) is 5.61. The molecule has 4 rings (SSSR count). The first-order chi connectivity index (χ1) is 11.6. The highest BCUT2D eigenvalue weighted by Gasteiger charge is 2.53. The number of likely N-dealkylation sites (tertiary alicyclic amines) is 1. The molecule has 1 atom stereocenters. The maximum atomic E-state index is 12.6. The lowest BCUT2D eigenvalue weighted by Crippen LogP contribution is -2.51. The van der Waals surface area contributed by atoms with Crippen LogP contribution in [0.2, 0.25) is 0 Å². The molecule has 0 aromatic heterocycles. The second-order valence-corrected chi connectivity index (χ2v) is 6.91. The van der Waals surface area contributed by atoms with Crippen molar-refractivity contribution in [2.24, 2.45) is 0 Å². The van der Waals surface area contributed by atoms with Crippen LogP contribution in [0.4, 0.5) is 4.79 Å². The van der Waals surface area contributed by atoms with Crippen LogP contribution >= 0.6 is 0 Å². The van der Waals surface area contributed by atoms with Crippen LogP contribution in [0.15, 0.2) is 30.3 Å². The lowest BCUT2D eigenvalue weighted by atomic mass is 9.94. The highest BCUT2D eigenvalue weighted by atomic mass is 16.2. The Labute approximate surface area is 140 Å². The molecule has 1 aliphatic carbocycles. The van der Waals surface area contributed by atoms with Gasteiger partial charge in [0.1, 0.15) is 12.1 Å². The van der Waals surface area contributed by atoms with Gasteiger partial charge in [0, 0.05) is 6.54 Å². The predicted molar refractivity (Wildman–Crippen MR) is 87.0 cm³/mol. The van der Waals surface area contributed by atoms with Crippen molar-refractivity contribution in [3.8, 4) is 0 Å². The van der Waals surface area contributed by atoms with Crippen LogP contribution in [0.3, 0.4) is 0 Å². The predicted octanol–water partition coefficient (Wildman–Crippen LogP) is 1.82. The van der Waals surface area contributed by atoms with Gasteiger partial charge in [-0.25, -0.2) is 4.79 Å². The molecule has 4 amide bonds. The Morgan fingerprint density at radius 3 is 2.50 bits per heavy atom. The minimum atomic E-state index is -0.745. The molecule has 0 unspecified atom stereocenters. The second-order valence-electron chi connectivity index (χ2n) is 6.91. The van der Waals surface area contributed by atoms with Crippen LogP contribution < -0.4 is 5.32 Å². The van der Waals surface area contributed by atoms with E-state index < -0.39 is 11.6 Å². The fourth-order valence-electron chi connectivity index (χ4n) is 4.07. The molecule has 1 aromatic carbocycles. The lowest BCUT2D eigenvalue weighted by Gasteiger charge is -2.41. The highest BCUT2D eigenvalue weighted by molar-refractivity contribution is 6.09. The van der Waals surface area contributed by atoms with Crippen molar-refractivity contribution in [2.75, 3.05) is 13.1 Å². The molecular weight excluding hydrogens is 306 g/mol. The summed E-state index contributed by atoms with van der Waals surface area (Å²) in [7, 11) is 0. The van der Waals surface area contributed by atoms with Gasteiger partial charge in [-0.05, 0) is 24.8 Å². The smallest absolute Gasteiger partial charge is 0.325 e. The van der Waals surface area contributed by atoms with Crippen LogP contribution in [0, 0.1) is 0 Å². The molecular formula is C18H21N3O3. The molecule has 2 heterocycles. The SMILES string of the molecule is O=C1NC2(CCCC2)C(=O)N1CC(=O)N1CC[C@H]1c1ccccc1. The molecule has 3 aliphatic rings. The number of imide groups is 1. The number of amides is 4. The first-order valence-corrected chi connectivity index (χ1v) is 8.59. The van der Waals surface area contributed by atoms with Gasteiger partial charge < -0.3 is 10.2 Å². The molecule has 126 valence electrons. The zero-order chi connectivity index (χ0) is 16.7. The number of benzene rings is 1. The Morgan fingerprint density at radius 2 is 1.88 bits per heavy atom. The van der Waals surface area contributed by atoms with Gasteiger partial charge in [0.2, 0.25) is 5.91 Å². The molecule has 6 nitrogen and oxygen atoms in total. The monoisotopic (exact) mass is 327 g/mol. The number of urea groups is 1. The van der Waals surface area contributed by atoms with E-state index in [2.05, 4.69) is 5.32 Å². The molecule has 1 aromatic rings. The highest BCUT2D eigenvalue weighted by Crippen LogP contribution is 2.36. The summed E-state index contributed by atoms with van der Waals surface area (Å²) in [4.78, 5) is 40.3. The van der Waals surface area contributed by atoms with Gasteiger partial charge in [-0.3, -0.25) is 14.5 Å². The Kier molecular flexibility index (Phi) is 3.55. The number of carbonyl (C=O) groups excluding carboxylic acids is 3. The summed E-state index contributed by atoms with van der Waals surface area (Å²) in [5.41, 5.74) is 0.354. The van der Waals surface area contributed by atoms with E-state index in [9.17, 15) is 14.4 Å². The average Bonchev–Trinajstić information content (AvgIpc) is 3.09. The summed E-state index contributed by atoms with van der Waals surface area (Å²) >= 11 is 0. The normalized spacial score (nSPS) is 25.1. The van der Waals surface area contributed by atoms with Crippen molar-refractivity contribution in [1.29, 1.82) is 0 Å². The third-order valence-corrected chi connectivity index (χ3v) is 5.52. The van der Waals surface area contributed by atoms with Crippen molar-refractivity contribution in [2.45, 2.75) is 43.7 Å². The number of nitrogens with zero attached hydrogens (tertiary/aromatic N) is 2. The van der Waals surface area contributed by atoms with Crippen LogP contribution in [0.25, 0.3) is 0 Å². The molecule has 2 saturated heterocycles. The summed E-state index contributed by atoms with van der Waals surface area (Å²) in [6, 6.07) is 9.50. The number of nitrogens with one attached hydrogen (secondary N) is 1. The summed E-state index contributed by atoms with van der Waals surface area (Å²) in [5, 5.41) is 2.82. The van der Waals surface area contributed by atoms with Gasteiger partial charge in [0.15, 0.2) is 0 Å². The molecule has 0 radical (unpaired) electrons. The maximum absolute atomic E-state index is 12.6. The van der Waals surface area contributed by atoms with Crippen molar-refractivity contribution in [3.63, 3.8) is 0 Å². The number of rotatable bonds is 3. The Balaban J connectivity index is 1.45. The molecule has 24 heavy (non-hydrogen) atoms. The minimum Gasteiger partial charge on any atom is -0.334 e. The van der Waals surface area contributed by atoms with Crippen molar-refractivity contribution >= 4 is 17.8 Å². The lowest BCUT2D eigenvalue weighted by molar-refractivity contribution is -0.144. The van der Waals surface area contributed by atoms with E-state index in [0.717, 1.165) is 29.7 Å². The largest absolute Gasteiger partial charge is 0.334 e. The third kappa shape index (κ3) is 2.28. The fraction of sp³-hybridized carbons (Fsp3) is 0.500. The van der Waals surface area contributed by atoms with Gasteiger partial charge >= 0.3 is 6.03 Å². The molecule has 1 saturated carbocycles. The number of hydrogen-bond donors (Lipinski definition) is 1. The minimum absolute atomic E-state index is 0.0555. The topological polar surface area (TPSA) is 69.7 Å². The quantitative estimate of drug-likeness (QED) is 0.861. The van der Waals surface area contributed by atoms with Crippen molar-refractivity contribution < 1.29 is 14.4 Å². The molecule has 2 aliphatic heterocycles. The van der Waals surface area contributed by atoms with E-state index in [0.29, 0.717) is 19.4 Å². The van der Waals surface area contributed by atoms with Gasteiger partial charge in [-0.15, -0.1) is 0 Å². The summed E-state index contributed by atoms with van der Waals surface area (Å²) in [5.74, 6) is -0.385. The first kappa shape index (κ1) is 15.2. The van der Waals surface area contributed by atoms with Crippen molar-refractivity contribution in [3.05, 3.63) is 35.9 Å². The van der Waals surface area contributed by atoms with E-state index in [4.69, 9.17) is 0 Å². The summed E-state index contributed by atoms with van der Waals surface area (Å²) in [6.45, 7) is 0.517. The van der Waals surface area contributed by atoms with E-state index in [-0.39, 0.29) is 24.4 Å². The van der Waals surface area contributed by atoms with Crippen LogP contribution in [-0.4, -0.2) is 46.3 Å². The average molecular weight is 327 g/mol. The molecule has 3 fully saturated rings. The fourth-order valence-corrected chi connectivity index (χ4v) is 4.07. The van der Waals surface area contributed by atoms with Crippen LogP contribution in [0.5, 0.6) is 0 Å². The van der Waals surface area contributed by atoms with E-state index >= 15 is 0 Å². The Hall–Kier alpha value is -2.37. The van der Waals surface area contributed by atoms with Gasteiger partial charge in [0.05, 0.1) is 6.04 Å². The zero-order valence-electron chi connectivity index (χ0n) is 13.5. The first-order valence-electron chi connectivity index (χ1n) is 8.59. The molecule has 1 N–H and O–H groups in total. The van der Waals surface area contributed by atoms with Crippen LogP contribution in [0.1, 0.15) is 43.7 Å². The molecule has 6 heteroatoms. The summed E-state index contributed by atoms with van der Waals surface area (Å²) in [6.07, 6.45) is 4.16. The maximum Gasteiger partial charge on any atom is 0.325 e. The summed E-state index contributed by atoms with van der Waals surface area (Å²) < 4.78 is 0. The standard InChI is InChI=1S/C18H21N3O3/c22-15(20-11-8-14(20)13-6-2-1-3-7-13)12-21-16(23)18(19-17(21)24)9-4-5-10-18/h1-3,6-7,14H,4-5,8-12H2,(H,19,24)/t14-/m0/s1. The van der Waals surface area contributed by atoms with E-state index in [1.165, 1.54) is 0 Å². The van der Waals surface area contributed by atoms with Gasteiger partial charge in [0.25, 0.3) is 5.91 Å². The molecule has 0 bridgehead atoms.